The number of nitrogens with zero attached hydrogens (tertiary/aromatic N) is 5. The number of rotatable bonds is 0. The van der Waals surface area contributed by atoms with E-state index in [9.17, 15) is 0 Å². The molecular formula is C50H83N5. The Morgan fingerprint density at radius 3 is 0.945 bits per heavy atom. The maximum Gasteiger partial charge on any atom is 0.0543 e. The molecule has 0 spiro atoms. The van der Waals surface area contributed by atoms with Crippen LogP contribution in [0.1, 0.15) is 206 Å². The van der Waals surface area contributed by atoms with Crippen LogP contribution in [-0.2, 0) is 43.4 Å². The maximum absolute atomic E-state index is 4.52. The third-order valence-corrected chi connectivity index (χ3v) is 9.33. The van der Waals surface area contributed by atoms with E-state index in [1.54, 1.807) is 0 Å². The standard InChI is InChI=1S/3C13H21N.C11H20N2/c1-12(2,3)10-7-8-14-11(9-10)13(4,5)6;2*1-12(2,3)10-7-8-11(14-9-10)13(4,5)6;1-10(2,3)9-7-12-13(8-9)11(4,5)6/h3*7-9H,1-6H3;7-8H,1-6H3. The first-order valence-electron chi connectivity index (χ1n) is 20.3. The summed E-state index contributed by atoms with van der Waals surface area (Å²) in [5.41, 5.74) is 10.1. The number of hydrogen-bond donors (Lipinski definition) is 0. The van der Waals surface area contributed by atoms with Crippen LogP contribution in [0.3, 0.4) is 0 Å². The van der Waals surface area contributed by atoms with Crippen LogP contribution in [0.2, 0.25) is 0 Å². The molecule has 4 aromatic heterocycles. The van der Waals surface area contributed by atoms with Crippen molar-refractivity contribution in [1.82, 2.24) is 24.7 Å². The summed E-state index contributed by atoms with van der Waals surface area (Å²) in [5, 5.41) is 4.37. The third kappa shape index (κ3) is 17.1. The first-order chi connectivity index (χ1) is 24.3. The zero-order valence-electron chi connectivity index (χ0n) is 40.1. The van der Waals surface area contributed by atoms with Crippen molar-refractivity contribution in [1.29, 1.82) is 0 Å². The minimum atomic E-state index is 0.0868. The van der Waals surface area contributed by atoms with Crippen molar-refractivity contribution in [2.45, 2.75) is 210 Å². The van der Waals surface area contributed by atoms with Gasteiger partial charge in [-0.15, -0.1) is 0 Å². The average Bonchev–Trinajstić information content (AvgIpc) is 3.53. The molecule has 55 heavy (non-hydrogen) atoms. The van der Waals surface area contributed by atoms with Gasteiger partial charge in [0.05, 0.1) is 11.7 Å². The minimum Gasteiger partial charge on any atom is -0.267 e. The fourth-order valence-corrected chi connectivity index (χ4v) is 4.95. The summed E-state index contributed by atoms with van der Waals surface area (Å²) in [6.45, 7) is 52.7. The lowest BCUT2D eigenvalue weighted by atomic mass is 9.84. The molecule has 5 nitrogen and oxygen atoms in total. The van der Waals surface area contributed by atoms with E-state index in [-0.39, 0.29) is 43.4 Å². The second-order valence-corrected chi connectivity index (χ2v) is 23.4. The minimum absolute atomic E-state index is 0.0868. The van der Waals surface area contributed by atoms with Gasteiger partial charge in [0, 0.05) is 58.1 Å². The molecule has 0 aliphatic carbocycles. The number of aromatic nitrogens is 5. The molecule has 0 unspecified atom stereocenters. The Bertz CT molecular complexity index is 1530. The molecule has 4 rings (SSSR count). The van der Waals surface area contributed by atoms with Crippen molar-refractivity contribution >= 4 is 0 Å². The quantitative estimate of drug-likeness (QED) is 0.179. The summed E-state index contributed by atoms with van der Waals surface area (Å²) in [7, 11) is 0. The molecule has 0 saturated heterocycles. The topological polar surface area (TPSA) is 56.5 Å². The van der Waals surface area contributed by atoms with Crippen LogP contribution in [0.5, 0.6) is 0 Å². The highest BCUT2D eigenvalue weighted by molar-refractivity contribution is 5.27. The van der Waals surface area contributed by atoms with Gasteiger partial charge in [0.25, 0.3) is 0 Å². The lowest BCUT2D eigenvalue weighted by Crippen LogP contribution is -2.22. The predicted octanol–water partition coefficient (Wildman–Crippen LogP) is 14.0. The lowest BCUT2D eigenvalue weighted by Gasteiger charge is -2.23. The Balaban J connectivity index is 0.000000367. The van der Waals surface area contributed by atoms with Crippen LogP contribution < -0.4 is 0 Å². The molecule has 0 saturated carbocycles. The first-order valence-corrected chi connectivity index (χ1v) is 20.3. The van der Waals surface area contributed by atoms with E-state index in [4.69, 9.17) is 0 Å². The van der Waals surface area contributed by atoms with E-state index in [0.717, 1.165) is 11.4 Å². The van der Waals surface area contributed by atoms with Crippen molar-refractivity contribution < 1.29 is 0 Å². The maximum atomic E-state index is 4.52. The Labute approximate surface area is 340 Å². The van der Waals surface area contributed by atoms with E-state index >= 15 is 0 Å². The average molecular weight is 754 g/mol. The summed E-state index contributed by atoms with van der Waals surface area (Å²) >= 11 is 0. The van der Waals surface area contributed by atoms with Crippen LogP contribution in [-0.4, -0.2) is 24.7 Å². The van der Waals surface area contributed by atoms with Gasteiger partial charge in [-0.25, -0.2) is 0 Å². The Hall–Kier alpha value is -3.34. The Morgan fingerprint density at radius 1 is 0.345 bits per heavy atom. The highest BCUT2D eigenvalue weighted by Crippen LogP contribution is 2.28. The Morgan fingerprint density at radius 2 is 0.709 bits per heavy atom. The van der Waals surface area contributed by atoms with Crippen LogP contribution in [0, 0.1) is 0 Å². The van der Waals surface area contributed by atoms with Gasteiger partial charge in [0.15, 0.2) is 0 Å². The monoisotopic (exact) mass is 754 g/mol. The molecule has 0 N–H and O–H groups in total. The van der Waals surface area contributed by atoms with Crippen molar-refractivity contribution in [3.8, 4) is 0 Å². The molecule has 0 fully saturated rings. The molecular weight excluding hydrogens is 671 g/mol. The fourth-order valence-electron chi connectivity index (χ4n) is 4.95. The number of pyridine rings is 3. The highest BCUT2D eigenvalue weighted by atomic mass is 15.3. The van der Waals surface area contributed by atoms with Crippen molar-refractivity contribution in [3.63, 3.8) is 0 Å². The van der Waals surface area contributed by atoms with E-state index in [2.05, 4.69) is 229 Å². The summed E-state index contributed by atoms with van der Waals surface area (Å²) in [5.74, 6) is 0. The first kappa shape index (κ1) is 49.7. The van der Waals surface area contributed by atoms with Gasteiger partial charge in [-0.1, -0.05) is 158 Å². The van der Waals surface area contributed by atoms with Gasteiger partial charge in [-0.3, -0.25) is 19.6 Å². The van der Waals surface area contributed by atoms with Crippen LogP contribution in [0.4, 0.5) is 0 Å². The molecule has 0 atom stereocenters. The third-order valence-electron chi connectivity index (χ3n) is 9.33. The van der Waals surface area contributed by atoms with Gasteiger partial charge >= 0.3 is 0 Å². The molecule has 0 amide bonds. The molecule has 0 bridgehead atoms. The van der Waals surface area contributed by atoms with E-state index < -0.39 is 0 Å². The molecule has 0 aliphatic heterocycles. The normalized spacial score (nSPS) is 13.1. The van der Waals surface area contributed by atoms with Crippen LogP contribution >= 0.6 is 0 Å². The molecule has 5 heteroatoms. The van der Waals surface area contributed by atoms with Gasteiger partial charge in [0.1, 0.15) is 0 Å². The molecule has 308 valence electrons. The molecule has 4 heterocycles. The number of hydrogen-bond acceptors (Lipinski definition) is 4. The van der Waals surface area contributed by atoms with Gasteiger partial charge in [-0.2, -0.15) is 5.10 Å². The van der Waals surface area contributed by atoms with Crippen LogP contribution in [0.25, 0.3) is 0 Å². The second kappa shape index (κ2) is 17.9. The molecule has 4 aromatic rings. The summed E-state index contributed by atoms with van der Waals surface area (Å²) in [6, 6.07) is 13.0. The molecule has 0 radical (unpaired) electrons. The van der Waals surface area contributed by atoms with Gasteiger partial charge in [-0.05, 0) is 89.0 Å². The van der Waals surface area contributed by atoms with Crippen molar-refractivity contribution in [3.05, 3.63) is 107 Å². The highest BCUT2D eigenvalue weighted by Gasteiger charge is 2.22. The second-order valence-electron chi connectivity index (χ2n) is 23.4. The van der Waals surface area contributed by atoms with Gasteiger partial charge in [0.2, 0.25) is 0 Å². The Kier molecular flexibility index (Phi) is 16.1. The van der Waals surface area contributed by atoms with E-state index in [1.165, 1.54) is 27.9 Å². The van der Waals surface area contributed by atoms with Crippen LogP contribution in [0.15, 0.2) is 67.4 Å². The summed E-state index contributed by atoms with van der Waals surface area (Å²) in [4.78, 5) is 13.5. The van der Waals surface area contributed by atoms with E-state index in [0.29, 0.717) is 0 Å². The smallest absolute Gasteiger partial charge is 0.0543 e. The fraction of sp³-hybridized carbons (Fsp3) is 0.640. The SMILES string of the molecule is CC(C)(C)c1ccc(C(C)(C)C)nc1.CC(C)(C)c1ccc(C(C)(C)C)nc1.CC(C)(C)c1ccnc(C(C)(C)C)c1.CC(C)(C)c1cnn(C(C)(C)C)c1. The largest absolute Gasteiger partial charge is 0.267 e. The zero-order valence-corrected chi connectivity index (χ0v) is 40.1. The lowest BCUT2D eigenvalue weighted by molar-refractivity contribution is 0.354. The van der Waals surface area contributed by atoms with Crippen molar-refractivity contribution in [2.24, 2.45) is 0 Å². The molecule has 0 aromatic carbocycles. The predicted molar refractivity (Wildman–Crippen MR) is 241 cm³/mol. The zero-order chi connectivity index (χ0) is 43.2. The van der Waals surface area contributed by atoms with Gasteiger partial charge < -0.3 is 0 Å². The van der Waals surface area contributed by atoms with E-state index in [1.807, 2.05) is 29.5 Å². The van der Waals surface area contributed by atoms with Crippen molar-refractivity contribution in [2.75, 3.05) is 0 Å². The summed E-state index contributed by atoms with van der Waals surface area (Å²) < 4.78 is 2.02. The summed E-state index contributed by atoms with van der Waals surface area (Å²) in [6.07, 6.45) is 10.0. The molecule has 0 aliphatic rings.